The molecule has 1 amide bonds. The summed E-state index contributed by atoms with van der Waals surface area (Å²) in [5.41, 5.74) is 1.98. The van der Waals surface area contributed by atoms with Crippen LogP contribution in [-0.4, -0.2) is 18.6 Å². The molecule has 0 fully saturated rings. The van der Waals surface area contributed by atoms with Gasteiger partial charge in [-0.2, -0.15) is 0 Å². The van der Waals surface area contributed by atoms with Gasteiger partial charge in [0, 0.05) is 0 Å². The van der Waals surface area contributed by atoms with E-state index in [9.17, 15) is 4.79 Å². The molecule has 0 aliphatic rings. The van der Waals surface area contributed by atoms with Gasteiger partial charge in [-0.25, -0.2) is 0 Å². The van der Waals surface area contributed by atoms with Gasteiger partial charge in [-0.1, -0.05) is 58.4 Å². The number of carbonyl (C=O) groups excluding carboxylic acids is 1. The van der Waals surface area contributed by atoms with Crippen LogP contribution in [0.15, 0.2) is 48.5 Å². The fraction of sp³-hybridized carbons (Fsp3) is 0.435. The highest BCUT2D eigenvalue weighted by Crippen LogP contribution is 2.26. The zero-order valence-corrected chi connectivity index (χ0v) is 17.0. The van der Waals surface area contributed by atoms with Crippen LogP contribution in [0.5, 0.6) is 11.5 Å². The molecule has 1 unspecified atom stereocenters. The first-order chi connectivity index (χ1) is 12.8. The summed E-state index contributed by atoms with van der Waals surface area (Å²) < 4.78 is 11.6. The van der Waals surface area contributed by atoms with Gasteiger partial charge in [0.25, 0.3) is 5.91 Å². The van der Waals surface area contributed by atoms with Crippen molar-refractivity contribution < 1.29 is 14.3 Å². The maximum Gasteiger partial charge on any atom is 0.265 e. The molecule has 2 aromatic carbocycles. The number of anilines is 1. The van der Waals surface area contributed by atoms with Crippen molar-refractivity contribution in [3.05, 3.63) is 54.1 Å². The Bertz CT molecular complexity index is 732. The summed E-state index contributed by atoms with van der Waals surface area (Å²) in [6.07, 6.45) is 1.42. The molecule has 1 atom stereocenters. The lowest BCUT2D eigenvalue weighted by Crippen LogP contribution is -2.30. The molecule has 4 heteroatoms. The number of unbranched alkanes of at least 4 members (excludes halogenated alkanes) is 1. The Morgan fingerprint density at radius 3 is 2.37 bits per heavy atom. The third-order valence-corrected chi connectivity index (χ3v) is 4.30. The minimum absolute atomic E-state index is 0.0863. The van der Waals surface area contributed by atoms with E-state index in [2.05, 4.69) is 33.0 Å². The highest BCUT2D eigenvalue weighted by molar-refractivity contribution is 5.95. The second-order valence-corrected chi connectivity index (χ2v) is 7.72. The minimum Gasteiger partial charge on any atom is -0.491 e. The van der Waals surface area contributed by atoms with Crippen LogP contribution in [0.4, 0.5) is 5.69 Å². The summed E-state index contributed by atoms with van der Waals surface area (Å²) in [7, 11) is 0. The molecular weight excluding hydrogens is 338 g/mol. The van der Waals surface area contributed by atoms with E-state index >= 15 is 0 Å². The fourth-order valence-corrected chi connectivity index (χ4v) is 2.55. The quantitative estimate of drug-likeness (QED) is 0.619. The molecule has 0 heterocycles. The number of rotatable bonds is 8. The smallest absolute Gasteiger partial charge is 0.265 e. The van der Waals surface area contributed by atoms with Gasteiger partial charge >= 0.3 is 0 Å². The van der Waals surface area contributed by atoms with Crippen molar-refractivity contribution in [1.29, 1.82) is 0 Å². The van der Waals surface area contributed by atoms with Gasteiger partial charge in [-0.3, -0.25) is 4.79 Å². The van der Waals surface area contributed by atoms with E-state index in [1.54, 1.807) is 6.92 Å². The molecular formula is C23H31NO3. The molecule has 0 aliphatic carbocycles. The third-order valence-electron chi connectivity index (χ3n) is 4.30. The van der Waals surface area contributed by atoms with Gasteiger partial charge in [0.2, 0.25) is 0 Å². The maximum atomic E-state index is 12.5. The number of carbonyl (C=O) groups is 1. The van der Waals surface area contributed by atoms with Crippen LogP contribution < -0.4 is 14.8 Å². The monoisotopic (exact) mass is 369 g/mol. The molecule has 0 aliphatic heterocycles. The van der Waals surface area contributed by atoms with Gasteiger partial charge in [0.15, 0.2) is 6.10 Å². The predicted molar refractivity (Wildman–Crippen MR) is 111 cm³/mol. The molecule has 0 radical (unpaired) electrons. The zero-order chi connectivity index (χ0) is 19.9. The number of benzene rings is 2. The first-order valence-electron chi connectivity index (χ1n) is 9.61. The van der Waals surface area contributed by atoms with Crippen LogP contribution >= 0.6 is 0 Å². The summed E-state index contributed by atoms with van der Waals surface area (Å²) in [5.74, 6) is 1.15. The lowest BCUT2D eigenvalue weighted by Gasteiger charge is -2.20. The number of ether oxygens (including phenoxy) is 2. The highest BCUT2D eigenvalue weighted by atomic mass is 16.5. The summed E-state index contributed by atoms with van der Waals surface area (Å²) in [5, 5.41) is 2.90. The Hall–Kier alpha value is -2.49. The van der Waals surface area contributed by atoms with Crippen LogP contribution in [0.2, 0.25) is 0 Å². The van der Waals surface area contributed by atoms with Crippen molar-refractivity contribution in [3.63, 3.8) is 0 Å². The number of para-hydroxylation sites is 2. The Balaban J connectivity index is 1.98. The van der Waals surface area contributed by atoms with Crippen molar-refractivity contribution in [1.82, 2.24) is 0 Å². The molecule has 2 rings (SSSR count). The largest absolute Gasteiger partial charge is 0.491 e. The van der Waals surface area contributed by atoms with Gasteiger partial charge in [-0.15, -0.1) is 0 Å². The van der Waals surface area contributed by atoms with E-state index in [4.69, 9.17) is 9.47 Å². The lowest BCUT2D eigenvalue weighted by molar-refractivity contribution is -0.122. The van der Waals surface area contributed by atoms with Crippen molar-refractivity contribution in [2.45, 2.75) is 59.0 Å². The van der Waals surface area contributed by atoms with Gasteiger partial charge in [-0.05, 0) is 48.6 Å². The second kappa shape index (κ2) is 9.45. The number of amides is 1. The first kappa shape index (κ1) is 20.8. The third kappa shape index (κ3) is 6.31. The average Bonchev–Trinajstić information content (AvgIpc) is 2.63. The second-order valence-electron chi connectivity index (χ2n) is 7.72. The van der Waals surface area contributed by atoms with Gasteiger partial charge in [0.1, 0.15) is 11.5 Å². The Morgan fingerprint density at radius 1 is 1.07 bits per heavy atom. The van der Waals surface area contributed by atoms with Crippen molar-refractivity contribution in [2.75, 3.05) is 11.9 Å². The Kier molecular flexibility index (Phi) is 7.28. The summed E-state index contributed by atoms with van der Waals surface area (Å²) in [6, 6.07) is 15.4. The summed E-state index contributed by atoms with van der Waals surface area (Å²) >= 11 is 0. The van der Waals surface area contributed by atoms with E-state index in [-0.39, 0.29) is 11.3 Å². The molecule has 0 aromatic heterocycles. The minimum atomic E-state index is -0.616. The molecule has 0 saturated carbocycles. The van der Waals surface area contributed by atoms with E-state index in [1.165, 1.54) is 5.56 Å². The van der Waals surface area contributed by atoms with E-state index in [0.717, 1.165) is 12.8 Å². The van der Waals surface area contributed by atoms with Crippen LogP contribution in [0, 0.1) is 0 Å². The lowest BCUT2D eigenvalue weighted by atomic mass is 9.87. The molecule has 0 spiro atoms. The zero-order valence-electron chi connectivity index (χ0n) is 17.0. The topological polar surface area (TPSA) is 47.6 Å². The predicted octanol–water partition coefficient (Wildman–Crippen LogP) is 5.57. The molecule has 27 heavy (non-hydrogen) atoms. The first-order valence-corrected chi connectivity index (χ1v) is 9.61. The van der Waals surface area contributed by atoms with E-state index in [1.807, 2.05) is 48.5 Å². The highest BCUT2D eigenvalue weighted by Gasteiger charge is 2.18. The van der Waals surface area contributed by atoms with E-state index < -0.39 is 6.10 Å². The average molecular weight is 370 g/mol. The normalized spacial score (nSPS) is 12.3. The van der Waals surface area contributed by atoms with E-state index in [0.29, 0.717) is 23.8 Å². The van der Waals surface area contributed by atoms with Crippen LogP contribution in [0.3, 0.4) is 0 Å². The molecule has 1 N–H and O–H groups in total. The van der Waals surface area contributed by atoms with Gasteiger partial charge < -0.3 is 14.8 Å². The summed E-state index contributed by atoms with van der Waals surface area (Å²) in [6.45, 7) is 11.0. The molecule has 2 aromatic rings. The van der Waals surface area contributed by atoms with Gasteiger partial charge in [0.05, 0.1) is 12.3 Å². The maximum absolute atomic E-state index is 12.5. The number of hydrogen-bond donors (Lipinski definition) is 1. The fourth-order valence-electron chi connectivity index (χ4n) is 2.55. The molecule has 0 saturated heterocycles. The summed E-state index contributed by atoms with van der Waals surface area (Å²) in [4.78, 5) is 12.5. The van der Waals surface area contributed by atoms with Crippen molar-refractivity contribution in [3.8, 4) is 11.5 Å². The molecule has 146 valence electrons. The Labute approximate surface area is 162 Å². The molecule has 0 bridgehead atoms. The number of hydrogen-bond acceptors (Lipinski definition) is 3. The Morgan fingerprint density at radius 2 is 1.74 bits per heavy atom. The molecule has 4 nitrogen and oxygen atoms in total. The van der Waals surface area contributed by atoms with Crippen LogP contribution in [-0.2, 0) is 10.2 Å². The van der Waals surface area contributed by atoms with Crippen LogP contribution in [0.1, 0.15) is 53.0 Å². The van der Waals surface area contributed by atoms with Crippen molar-refractivity contribution in [2.24, 2.45) is 0 Å². The van der Waals surface area contributed by atoms with Crippen molar-refractivity contribution >= 4 is 11.6 Å². The standard InChI is InChI=1S/C23H31NO3/c1-6-7-16-26-21-11-9-8-10-20(21)24-22(25)17(2)27-19-14-12-18(13-15-19)23(3,4)5/h8-15,17H,6-7,16H2,1-5H3,(H,24,25). The SMILES string of the molecule is CCCCOc1ccccc1NC(=O)C(C)Oc1ccc(C(C)(C)C)cc1. The number of nitrogens with one attached hydrogen (secondary N) is 1. The van der Waals surface area contributed by atoms with Crippen LogP contribution in [0.25, 0.3) is 0 Å².